The maximum absolute atomic E-state index is 12.8. The molecule has 0 aliphatic rings. The number of aliphatic hydroxyl groups excluding tert-OH is 2. The highest BCUT2D eigenvalue weighted by atomic mass is 19.4. The summed E-state index contributed by atoms with van der Waals surface area (Å²) < 4.78 is 38.5. The van der Waals surface area contributed by atoms with Gasteiger partial charge in [0.05, 0.1) is 18.1 Å². The first-order chi connectivity index (χ1) is 9.16. The van der Waals surface area contributed by atoms with Crippen LogP contribution in [0.3, 0.4) is 0 Å². The van der Waals surface area contributed by atoms with Gasteiger partial charge in [0.1, 0.15) is 12.4 Å². The lowest BCUT2D eigenvalue weighted by Gasteiger charge is -2.21. The Kier molecular flexibility index (Phi) is 4.85. The summed E-state index contributed by atoms with van der Waals surface area (Å²) in [7, 11) is 0. The summed E-state index contributed by atoms with van der Waals surface area (Å²) in [6.07, 6.45) is -9.47. The zero-order chi connectivity index (χ0) is 15.5. The van der Waals surface area contributed by atoms with Crippen molar-refractivity contribution in [2.75, 3.05) is 0 Å². The van der Waals surface area contributed by atoms with Gasteiger partial charge in [-0.1, -0.05) is 12.1 Å². The summed E-state index contributed by atoms with van der Waals surface area (Å²) in [5.41, 5.74) is -2.23. The number of aldehydes is 1. The van der Waals surface area contributed by atoms with Gasteiger partial charge in [-0.05, 0) is 11.6 Å². The number of halogens is 3. The molecule has 0 bridgehead atoms. The molecule has 0 amide bonds. The monoisotopic (exact) mass is 292 g/mol. The second-order valence-corrected chi connectivity index (χ2v) is 4.07. The van der Waals surface area contributed by atoms with Crippen LogP contribution in [0.25, 0.3) is 0 Å². The van der Waals surface area contributed by atoms with Crippen molar-refractivity contribution in [3.63, 3.8) is 0 Å². The number of carbonyl (C=O) groups is 2. The fourth-order valence-corrected chi connectivity index (χ4v) is 1.65. The molecule has 1 aromatic carbocycles. The summed E-state index contributed by atoms with van der Waals surface area (Å²) in [6.45, 7) is 0. The molecule has 0 radical (unpaired) electrons. The van der Waals surface area contributed by atoms with Crippen molar-refractivity contribution in [3.8, 4) is 0 Å². The van der Waals surface area contributed by atoms with Crippen LogP contribution in [-0.2, 0) is 11.0 Å². The van der Waals surface area contributed by atoms with Gasteiger partial charge in [-0.25, -0.2) is 0 Å². The van der Waals surface area contributed by atoms with E-state index >= 15 is 0 Å². The van der Waals surface area contributed by atoms with E-state index in [1.54, 1.807) is 0 Å². The van der Waals surface area contributed by atoms with Crippen LogP contribution in [0.15, 0.2) is 18.2 Å². The van der Waals surface area contributed by atoms with E-state index in [4.69, 9.17) is 5.11 Å². The van der Waals surface area contributed by atoms with E-state index in [-0.39, 0.29) is 11.8 Å². The lowest BCUT2D eigenvalue weighted by atomic mass is 9.95. The van der Waals surface area contributed by atoms with Gasteiger partial charge < -0.3 is 15.3 Å². The van der Waals surface area contributed by atoms with E-state index in [0.717, 1.165) is 12.1 Å². The largest absolute Gasteiger partial charge is 0.481 e. The lowest BCUT2D eigenvalue weighted by molar-refractivity contribution is -0.142. The van der Waals surface area contributed by atoms with Gasteiger partial charge in [0, 0.05) is 5.56 Å². The average Bonchev–Trinajstić information content (AvgIpc) is 2.35. The van der Waals surface area contributed by atoms with Crippen molar-refractivity contribution in [1.82, 2.24) is 0 Å². The molecule has 0 saturated carbocycles. The minimum Gasteiger partial charge on any atom is -0.481 e. The Hall–Kier alpha value is -1.93. The number of hydrogen-bond acceptors (Lipinski definition) is 4. The van der Waals surface area contributed by atoms with Gasteiger partial charge in [-0.2, -0.15) is 13.2 Å². The quantitative estimate of drug-likeness (QED) is 0.713. The number of aliphatic carboxylic acids is 1. The number of benzene rings is 1. The third-order valence-electron chi connectivity index (χ3n) is 2.59. The van der Waals surface area contributed by atoms with Gasteiger partial charge in [0.15, 0.2) is 0 Å². The van der Waals surface area contributed by atoms with Gasteiger partial charge in [-0.15, -0.1) is 0 Å². The molecule has 0 fully saturated rings. The summed E-state index contributed by atoms with van der Waals surface area (Å²) in [5.74, 6) is -1.46. The van der Waals surface area contributed by atoms with Gasteiger partial charge in [0.25, 0.3) is 0 Å². The smallest absolute Gasteiger partial charge is 0.416 e. The number of carboxylic acid groups (broad SMARTS) is 1. The molecule has 0 aromatic heterocycles. The third kappa shape index (κ3) is 3.78. The molecule has 0 saturated heterocycles. The molecule has 1 aromatic rings. The predicted molar refractivity (Wildman–Crippen MR) is 60.1 cm³/mol. The second kappa shape index (κ2) is 6.02. The Morgan fingerprint density at radius 2 is 1.90 bits per heavy atom. The highest BCUT2D eigenvalue weighted by Crippen LogP contribution is 2.36. The van der Waals surface area contributed by atoms with Crippen LogP contribution < -0.4 is 0 Å². The van der Waals surface area contributed by atoms with Crippen molar-refractivity contribution in [3.05, 3.63) is 34.9 Å². The van der Waals surface area contributed by atoms with Crippen molar-refractivity contribution < 1.29 is 38.1 Å². The fraction of sp³-hybridized carbons (Fsp3) is 0.333. The van der Waals surface area contributed by atoms with Crippen molar-refractivity contribution in [1.29, 1.82) is 0 Å². The number of carbonyl (C=O) groups excluding carboxylic acids is 1. The minimum atomic E-state index is -4.85. The molecule has 1 rings (SSSR count). The van der Waals surface area contributed by atoms with Crippen LogP contribution in [0.4, 0.5) is 13.2 Å². The highest BCUT2D eigenvalue weighted by Gasteiger charge is 2.37. The van der Waals surface area contributed by atoms with E-state index in [1.807, 2.05) is 0 Å². The molecule has 3 N–H and O–H groups in total. The molecule has 2 unspecified atom stereocenters. The van der Waals surface area contributed by atoms with Crippen LogP contribution in [0, 0.1) is 0 Å². The maximum Gasteiger partial charge on any atom is 0.416 e. The second-order valence-electron chi connectivity index (χ2n) is 4.07. The molecule has 0 spiro atoms. The molecule has 0 heterocycles. The molecule has 2 atom stereocenters. The number of rotatable bonds is 5. The third-order valence-corrected chi connectivity index (χ3v) is 2.59. The number of hydrogen-bond donors (Lipinski definition) is 3. The normalized spacial score (nSPS) is 14.7. The summed E-state index contributed by atoms with van der Waals surface area (Å²) in [4.78, 5) is 20.9. The van der Waals surface area contributed by atoms with Gasteiger partial charge >= 0.3 is 12.1 Å². The number of alkyl halides is 3. The molecule has 110 valence electrons. The molecule has 20 heavy (non-hydrogen) atoms. The van der Waals surface area contributed by atoms with Gasteiger partial charge in [0.2, 0.25) is 0 Å². The minimum absolute atomic E-state index is 0.207. The Bertz CT molecular complexity index is 512. The molecular weight excluding hydrogens is 281 g/mol. The van der Waals surface area contributed by atoms with Crippen LogP contribution in [0.2, 0.25) is 0 Å². The van der Waals surface area contributed by atoms with Crippen molar-refractivity contribution in [2.45, 2.75) is 24.8 Å². The predicted octanol–water partition coefficient (Wildman–Crippen LogP) is 1.39. The zero-order valence-electron chi connectivity index (χ0n) is 9.96. The van der Waals surface area contributed by atoms with E-state index in [1.165, 1.54) is 0 Å². The van der Waals surface area contributed by atoms with Crippen molar-refractivity contribution >= 4 is 12.3 Å². The standard InChI is InChI=1S/C12H11F3O5/c13-12(14,15)8-3-6(5-16)1-2-7(8)11(20)9(17)4-10(18)19/h1-3,5,9,11,17,20H,4H2,(H,18,19). The van der Waals surface area contributed by atoms with Crippen LogP contribution >= 0.6 is 0 Å². The first-order valence-corrected chi connectivity index (χ1v) is 5.41. The fourth-order valence-electron chi connectivity index (χ4n) is 1.65. The molecule has 8 heteroatoms. The van der Waals surface area contributed by atoms with Crippen molar-refractivity contribution in [2.24, 2.45) is 0 Å². The molecular formula is C12H11F3O5. The maximum atomic E-state index is 12.8. The Morgan fingerprint density at radius 3 is 2.35 bits per heavy atom. The SMILES string of the molecule is O=Cc1ccc(C(O)C(O)CC(=O)O)c(C(F)(F)F)c1. The topological polar surface area (TPSA) is 94.8 Å². The molecule has 0 aliphatic heterocycles. The van der Waals surface area contributed by atoms with E-state index in [2.05, 4.69) is 0 Å². The van der Waals surface area contributed by atoms with Crippen LogP contribution in [0.1, 0.15) is 34.0 Å². The van der Waals surface area contributed by atoms with E-state index < -0.39 is 41.9 Å². The Labute approximate surface area is 111 Å². The zero-order valence-corrected chi connectivity index (χ0v) is 9.96. The summed E-state index contributed by atoms with van der Waals surface area (Å²) in [6, 6.07) is 2.40. The molecule has 5 nitrogen and oxygen atoms in total. The summed E-state index contributed by atoms with van der Waals surface area (Å²) >= 11 is 0. The average molecular weight is 292 g/mol. The summed E-state index contributed by atoms with van der Waals surface area (Å²) in [5, 5.41) is 27.5. The van der Waals surface area contributed by atoms with Crippen LogP contribution in [-0.4, -0.2) is 33.7 Å². The lowest BCUT2D eigenvalue weighted by Crippen LogP contribution is -2.24. The van der Waals surface area contributed by atoms with E-state index in [9.17, 15) is 33.0 Å². The highest BCUT2D eigenvalue weighted by molar-refractivity contribution is 5.75. The van der Waals surface area contributed by atoms with E-state index in [0.29, 0.717) is 6.07 Å². The number of carboxylic acids is 1. The Morgan fingerprint density at radius 1 is 1.30 bits per heavy atom. The number of aliphatic hydroxyl groups is 2. The molecule has 0 aliphatic carbocycles. The first kappa shape index (κ1) is 16.1. The first-order valence-electron chi connectivity index (χ1n) is 5.41. The van der Waals surface area contributed by atoms with Crippen LogP contribution in [0.5, 0.6) is 0 Å². The Balaban J connectivity index is 3.23. The van der Waals surface area contributed by atoms with Gasteiger partial charge in [-0.3, -0.25) is 9.59 Å².